The topological polar surface area (TPSA) is 135 Å². The standard InChI is InChI=1S/C22H26N4O4/c1-29-11-13-7-15(3-5-17(13)23)25-19-9-20(22(28)10-21(19)27)26-16-4-6-18(24)14(8-16)12-30-2/h3-10,21,25,27-28H,11-12,23-24H2,1-2H3/b26-20-. The van der Waals surface area contributed by atoms with Gasteiger partial charge in [-0.15, -0.1) is 0 Å². The summed E-state index contributed by atoms with van der Waals surface area (Å²) in [5.41, 5.74) is 16.9. The van der Waals surface area contributed by atoms with Gasteiger partial charge in [0.05, 0.1) is 24.6 Å². The summed E-state index contributed by atoms with van der Waals surface area (Å²) >= 11 is 0. The van der Waals surface area contributed by atoms with E-state index in [9.17, 15) is 10.2 Å². The summed E-state index contributed by atoms with van der Waals surface area (Å²) in [6, 6.07) is 10.7. The smallest absolute Gasteiger partial charge is 0.140 e. The van der Waals surface area contributed by atoms with Gasteiger partial charge in [0.25, 0.3) is 0 Å². The first-order valence-corrected chi connectivity index (χ1v) is 9.32. The van der Waals surface area contributed by atoms with Crippen molar-refractivity contribution in [2.75, 3.05) is 31.0 Å². The van der Waals surface area contributed by atoms with Gasteiger partial charge >= 0.3 is 0 Å². The lowest BCUT2D eigenvalue weighted by Crippen LogP contribution is -2.22. The van der Waals surface area contributed by atoms with Crippen LogP contribution in [0, 0.1) is 0 Å². The van der Waals surface area contributed by atoms with Crippen LogP contribution in [-0.4, -0.2) is 36.2 Å². The van der Waals surface area contributed by atoms with Gasteiger partial charge in [-0.05, 0) is 48.6 Å². The minimum atomic E-state index is -1.01. The highest BCUT2D eigenvalue weighted by molar-refractivity contribution is 6.09. The highest BCUT2D eigenvalue weighted by Crippen LogP contribution is 2.25. The van der Waals surface area contributed by atoms with Crippen molar-refractivity contribution in [3.05, 3.63) is 71.1 Å². The second-order valence-electron chi connectivity index (χ2n) is 6.88. The molecule has 0 saturated heterocycles. The Morgan fingerprint density at radius 3 is 2.30 bits per heavy atom. The number of aliphatic imine (C=N–C) groups is 1. The van der Waals surface area contributed by atoms with Gasteiger partial charge in [0.1, 0.15) is 17.6 Å². The number of nitrogens with two attached hydrogens (primary N) is 2. The molecule has 7 N–H and O–H groups in total. The second-order valence-corrected chi connectivity index (χ2v) is 6.88. The number of aliphatic hydroxyl groups excluding tert-OH is 2. The number of nitrogens with one attached hydrogen (secondary N) is 1. The Morgan fingerprint density at radius 1 is 1.00 bits per heavy atom. The van der Waals surface area contributed by atoms with E-state index in [0.717, 1.165) is 16.8 Å². The number of ether oxygens (including phenoxy) is 2. The molecule has 0 bridgehead atoms. The van der Waals surface area contributed by atoms with Crippen molar-refractivity contribution in [2.45, 2.75) is 19.3 Å². The molecule has 0 heterocycles. The van der Waals surface area contributed by atoms with Crippen LogP contribution in [0.3, 0.4) is 0 Å². The van der Waals surface area contributed by atoms with Crippen LogP contribution >= 0.6 is 0 Å². The Balaban J connectivity index is 1.90. The van der Waals surface area contributed by atoms with E-state index in [1.165, 1.54) is 6.08 Å². The first-order chi connectivity index (χ1) is 14.4. The Hall–Kier alpha value is -3.33. The summed E-state index contributed by atoms with van der Waals surface area (Å²) in [7, 11) is 3.18. The van der Waals surface area contributed by atoms with Crippen LogP contribution in [-0.2, 0) is 22.7 Å². The molecule has 1 aliphatic rings. The number of methoxy groups -OCH3 is 2. The molecule has 0 spiro atoms. The zero-order chi connectivity index (χ0) is 21.7. The lowest BCUT2D eigenvalue weighted by Gasteiger charge is -2.20. The zero-order valence-electron chi connectivity index (χ0n) is 16.9. The summed E-state index contributed by atoms with van der Waals surface area (Å²) < 4.78 is 10.3. The number of nitrogens with zero attached hydrogens (tertiary/aromatic N) is 1. The van der Waals surface area contributed by atoms with Crippen molar-refractivity contribution < 1.29 is 19.7 Å². The average Bonchev–Trinajstić information content (AvgIpc) is 2.71. The van der Waals surface area contributed by atoms with E-state index in [-0.39, 0.29) is 5.76 Å². The number of rotatable bonds is 7. The van der Waals surface area contributed by atoms with E-state index in [4.69, 9.17) is 20.9 Å². The maximum atomic E-state index is 10.4. The summed E-state index contributed by atoms with van der Waals surface area (Å²) in [6.45, 7) is 0.728. The van der Waals surface area contributed by atoms with Gasteiger partial charge in [-0.1, -0.05) is 0 Å². The Kier molecular flexibility index (Phi) is 6.73. The number of allylic oxidation sites excluding steroid dienone is 1. The predicted octanol–water partition coefficient (Wildman–Crippen LogP) is 3.03. The third kappa shape index (κ3) is 4.98. The SMILES string of the molecule is COCc1cc(/N=C2/C=C(Nc3ccc(N)c(COC)c3)C(O)C=C2O)ccc1N. The van der Waals surface area contributed by atoms with Crippen LogP contribution in [0.4, 0.5) is 22.7 Å². The van der Waals surface area contributed by atoms with E-state index in [1.54, 1.807) is 50.6 Å². The van der Waals surface area contributed by atoms with E-state index in [0.29, 0.717) is 41.7 Å². The predicted molar refractivity (Wildman–Crippen MR) is 119 cm³/mol. The van der Waals surface area contributed by atoms with Crippen LogP contribution in [0.2, 0.25) is 0 Å². The second kappa shape index (κ2) is 9.45. The van der Waals surface area contributed by atoms with Gasteiger partial charge in [0, 0.05) is 42.4 Å². The third-order valence-electron chi connectivity index (χ3n) is 4.60. The number of hydrogen-bond acceptors (Lipinski definition) is 8. The molecule has 1 unspecified atom stereocenters. The fourth-order valence-corrected chi connectivity index (χ4v) is 3.04. The molecule has 0 fully saturated rings. The van der Waals surface area contributed by atoms with Gasteiger partial charge in [-0.2, -0.15) is 0 Å². The molecule has 0 aliphatic heterocycles. The van der Waals surface area contributed by atoms with Crippen molar-refractivity contribution >= 4 is 28.5 Å². The summed E-state index contributed by atoms with van der Waals surface area (Å²) in [4.78, 5) is 4.49. The van der Waals surface area contributed by atoms with Crippen LogP contribution in [0.25, 0.3) is 0 Å². The minimum absolute atomic E-state index is 0.115. The minimum Gasteiger partial charge on any atom is -0.506 e. The number of benzene rings is 2. The van der Waals surface area contributed by atoms with E-state index in [1.807, 2.05) is 6.07 Å². The fourth-order valence-electron chi connectivity index (χ4n) is 3.04. The number of anilines is 3. The van der Waals surface area contributed by atoms with Crippen molar-refractivity contribution in [1.29, 1.82) is 0 Å². The summed E-state index contributed by atoms with van der Waals surface area (Å²) in [5, 5.41) is 23.8. The molecule has 0 saturated carbocycles. The lowest BCUT2D eigenvalue weighted by atomic mass is 10.0. The van der Waals surface area contributed by atoms with Crippen molar-refractivity contribution in [2.24, 2.45) is 4.99 Å². The molecule has 158 valence electrons. The largest absolute Gasteiger partial charge is 0.506 e. The Bertz CT molecular complexity index is 1010. The van der Waals surface area contributed by atoms with Crippen molar-refractivity contribution in [3.63, 3.8) is 0 Å². The molecule has 30 heavy (non-hydrogen) atoms. The monoisotopic (exact) mass is 410 g/mol. The molecule has 0 aromatic heterocycles. The summed E-state index contributed by atoms with van der Waals surface area (Å²) in [6.07, 6.45) is 1.91. The molecule has 8 nitrogen and oxygen atoms in total. The van der Waals surface area contributed by atoms with Gasteiger partial charge in [0.15, 0.2) is 0 Å². The van der Waals surface area contributed by atoms with E-state index < -0.39 is 6.10 Å². The number of hydrogen-bond donors (Lipinski definition) is 5. The van der Waals surface area contributed by atoms with E-state index >= 15 is 0 Å². The number of nitrogen functional groups attached to an aromatic ring is 2. The molecular weight excluding hydrogens is 384 g/mol. The highest BCUT2D eigenvalue weighted by Gasteiger charge is 2.19. The van der Waals surface area contributed by atoms with Crippen molar-refractivity contribution in [3.8, 4) is 0 Å². The van der Waals surface area contributed by atoms with Crippen molar-refractivity contribution in [1.82, 2.24) is 0 Å². The Morgan fingerprint density at radius 2 is 1.63 bits per heavy atom. The maximum Gasteiger partial charge on any atom is 0.140 e. The molecular formula is C22H26N4O4. The first-order valence-electron chi connectivity index (χ1n) is 9.32. The zero-order valence-corrected chi connectivity index (χ0v) is 16.9. The Labute approximate surface area is 175 Å². The lowest BCUT2D eigenvalue weighted by molar-refractivity contribution is 0.185. The van der Waals surface area contributed by atoms with Crippen LogP contribution in [0.1, 0.15) is 11.1 Å². The van der Waals surface area contributed by atoms with Crippen LogP contribution in [0.15, 0.2) is 65.0 Å². The molecule has 8 heteroatoms. The first kappa shape index (κ1) is 21.4. The van der Waals surface area contributed by atoms with Crippen LogP contribution < -0.4 is 16.8 Å². The number of aliphatic hydroxyl groups is 2. The van der Waals surface area contributed by atoms with Gasteiger partial charge in [-0.3, -0.25) is 0 Å². The normalized spacial score (nSPS) is 17.6. The maximum absolute atomic E-state index is 10.4. The van der Waals surface area contributed by atoms with Gasteiger partial charge in [0.2, 0.25) is 0 Å². The molecule has 2 aromatic carbocycles. The van der Waals surface area contributed by atoms with Gasteiger partial charge < -0.3 is 36.5 Å². The van der Waals surface area contributed by atoms with Gasteiger partial charge in [-0.25, -0.2) is 4.99 Å². The molecule has 1 aliphatic carbocycles. The molecule has 0 amide bonds. The third-order valence-corrected chi connectivity index (χ3v) is 4.60. The fraction of sp³-hybridized carbons (Fsp3) is 0.227. The quantitative estimate of drug-likeness (QED) is 0.443. The molecule has 1 atom stereocenters. The summed E-state index contributed by atoms with van der Waals surface area (Å²) in [5.74, 6) is -0.115. The molecule has 3 rings (SSSR count). The molecule has 2 aromatic rings. The van der Waals surface area contributed by atoms with E-state index in [2.05, 4.69) is 10.3 Å². The molecule has 0 radical (unpaired) electrons. The van der Waals surface area contributed by atoms with Crippen LogP contribution in [0.5, 0.6) is 0 Å². The average molecular weight is 410 g/mol. The highest BCUT2D eigenvalue weighted by atomic mass is 16.5.